The van der Waals surface area contributed by atoms with E-state index in [-0.39, 0.29) is 30.0 Å². The first kappa shape index (κ1) is 25.3. The topological polar surface area (TPSA) is 63.5 Å². The van der Waals surface area contributed by atoms with E-state index in [0.717, 1.165) is 42.4 Å². The molecule has 0 aliphatic heterocycles. The number of aryl methyl sites for hydroxylation is 3. The van der Waals surface area contributed by atoms with Crippen molar-refractivity contribution in [1.29, 1.82) is 0 Å². The van der Waals surface area contributed by atoms with Gasteiger partial charge < -0.3 is 15.4 Å². The molecule has 0 aliphatic rings. The van der Waals surface area contributed by atoms with Crippen molar-refractivity contribution < 1.29 is 4.74 Å². The highest BCUT2D eigenvalue weighted by molar-refractivity contribution is 14.0. The van der Waals surface area contributed by atoms with E-state index in [9.17, 15) is 0 Å². The van der Waals surface area contributed by atoms with Crippen molar-refractivity contribution in [2.24, 2.45) is 12.0 Å². The Morgan fingerprint density at radius 1 is 1.24 bits per heavy atom. The number of hydrogen-bond donors (Lipinski definition) is 2. The van der Waals surface area contributed by atoms with Crippen LogP contribution in [0.3, 0.4) is 0 Å². The number of methoxy groups -OCH3 is 1. The summed E-state index contributed by atoms with van der Waals surface area (Å²) in [5.74, 6) is 1.68. The zero-order valence-corrected chi connectivity index (χ0v) is 21.1. The van der Waals surface area contributed by atoms with Gasteiger partial charge in [0.25, 0.3) is 0 Å². The molecule has 162 valence electrons. The number of nitrogens with zero attached hydrogens (tertiary/aromatic N) is 3. The van der Waals surface area contributed by atoms with Gasteiger partial charge in [-0.3, -0.25) is 4.68 Å². The number of ether oxygens (including phenoxy) is 1. The lowest BCUT2D eigenvalue weighted by Crippen LogP contribution is -2.38. The summed E-state index contributed by atoms with van der Waals surface area (Å²) in [6.45, 7) is 12.0. The first-order valence-corrected chi connectivity index (χ1v) is 10.2. The molecule has 1 aromatic carbocycles. The van der Waals surface area contributed by atoms with E-state index in [1.807, 2.05) is 17.8 Å². The third kappa shape index (κ3) is 6.35. The van der Waals surface area contributed by atoms with Gasteiger partial charge in [0.15, 0.2) is 5.96 Å². The largest absolute Gasteiger partial charge is 0.496 e. The van der Waals surface area contributed by atoms with Crippen molar-refractivity contribution in [2.75, 3.05) is 13.7 Å². The molecule has 0 radical (unpaired) electrons. The molecule has 1 unspecified atom stereocenters. The normalized spacial score (nSPS) is 12.3. The third-order valence-electron chi connectivity index (χ3n) is 4.97. The van der Waals surface area contributed by atoms with Crippen LogP contribution in [0, 0.1) is 6.92 Å². The highest BCUT2D eigenvalue weighted by Crippen LogP contribution is 2.26. The molecular weight excluding hydrogens is 477 g/mol. The first-order valence-electron chi connectivity index (χ1n) is 10.2. The molecule has 0 amide bonds. The molecule has 0 saturated carbocycles. The van der Waals surface area contributed by atoms with E-state index < -0.39 is 0 Å². The fourth-order valence-corrected chi connectivity index (χ4v) is 3.53. The second-order valence-electron chi connectivity index (χ2n) is 7.01. The number of hydrogen-bond acceptors (Lipinski definition) is 3. The standard InChI is InChI=1S/C22H35N5O.HI/c1-8-19-18(20(9-2)27(6)26-19)14-24-22(23-10-3)25-16(5)17-13-15(4)11-12-21(17)28-7;/h11-13,16H,8-10,14H2,1-7H3,(H2,23,24,25);1H. The van der Waals surface area contributed by atoms with Gasteiger partial charge in [-0.1, -0.05) is 31.5 Å². The molecule has 7 heteroatoms. The van der Waals surface area contributed by atoms with Crippen molar-refractivity contribution in [3.63, 3.8) is 0 Å². The predicted octanol–water partition coefficient (Wildman–Crippen LogP) is 4.30. The second-order valence-corrected chi connectivity index (χ2v) is 7.01. The minimum atomic E-state index is 0. The minimum absolute atomic E-state index is 0. The fourth-order valence-electron chi connectivity index (χ4n) is 3.53. The third-order valence-corrected chi connectivity index (χ3v) is 4.97. The van der Waals surface area contributed by atoms with Crippen molar-refractivity contribution >= 4 is 29.9 Å². The van der Waals surface area contributed by atoms with Gasteiger partial charge in [-0.05, 0) is 39.7 Å². The molecule has 0 fully saturated rings. The summed E-state index contributed by atoms with van der Waals surface area (Å²) in [4.78, 5) is 4.86. The summed E-state index contributed by atoms with van der Waals surface area (Å²) in [6.07, 6.45) is 1.87. The lowest BCUT2D eigenvalue weighted by Gasteiger charge is -2.20. The molecule has 1 atom stereocenters. The molecule has 0 saturated heterocycles. The van der Waals surface area contributed by atoms with E-state index in [1.54, 1.807) is 7.11 Å². The molecule has 1 heterocycles. The Kier molecular flexibility index (Phi) is 10.5. The van der Waals surface area contributed by atoms with Gasteiger partial charge in [-0.15, -0.1) is 24.0 Å². The molecule has 0 aliphatic carbocycles. The lowest BCUT2D eigenvalue weighted by atomic mass is 10.0. The number of aliphatic imine (C=N–C) groups is 1. The van der Waals surface area contributed by atoms with Crippen molar-refractivity contribution in [3.05, 3.63) is 46.3 Å². The van der Waals surface area contributed by atoms with Gasteiger partial charge in [0, 0.05) is 30.4 Å². The average Bonchev–Trinajstić information content (AvgIpc) is 3.00. The van der Waals surface area contributed by atoms with Crippen molar-refractivity contribution in [2.45, 2.75) is 60.0 Å². The van der Waals surface area contributed by atoms with Crippen LogP contribution < -0.4 is 15.4 Å². The van der Waals surface area contributed by atoms with E-state index in [1.165, 1.54) is 16.8 Å². The number of benzene rings is 1. The van der Waals surface area contributed by atoms with Crippen molar-refractivity contribution in [3.8, 4) is 5.75 Å². The molecule has 0 spiro atoms. The summed E-state index contributed by atoms with van der Waals surface area (Å²) in [5, 5.41) is 11.5. The van der Waals surface area contributed by atoms with Crippen LogP contribution in [0.1, 0.15) is 61.8 Å². The van der Waals surface area contributed by atoms with Gasteiger partial charge >= 0.3 is 0 Å². The molecule has 1 aromatic heterocycles. The van der Waals surface area contributed by atoms with Crippen molar-refractivity contribution in [1.82, 2.24) is 20.4 Å². The summed E-state index contributed by atoms with van der Waals surface area (Å²) >= 11 is 0. The van der Waals surface area contributed by atoms with Crippen LogP contribution in [-0.2, 0) is 26.4 Å². The van der Waals surface area contributed by atoms with Crippen LogP contribution in [0.5, 0.6) is 5.75 Å². The van der Waals surface area contributed by atoms with Gasteiger partial charge in [-0.25, -0.2) is 4.99 Å². The Morgan fingerprint density at radius 2 is 1.97 bits per heavy atom. The van der Waals surface area contributed by atoms with Crippen LogP contribution in [-0.4, -0.2) is 29.4 Å². The number of rotatable bonds is 8. The number of aromatic nitrogens is 2. The second kappa shape index (κ2) is 12.0. The highest BCUT2D eigenvalue weighted by atomic mass is 127. The lowest BCUT2D eigenvalue weighted by molar-refractivity contribution is 0.405. The molecule has 2 aromatic rings. The molecule has 0 bridgehead atoms. The average molecular weight is 513 g/mol. The molecule has 6 nitrogen and oxygen atoms in total. The first-order chi connectivity index (χ1) is 13.4. The summed E-state index contributed by atoms with van der Waals surface area (Å²) < 4.78 is 7.53. The quantitative estimate of drug-likeness (QED) is 0.314. The maximum Gasteiger partial charge on any atom is 0.192 e. The van der Waals surface area contributed by atoms with Gasteiger partial charge in [0.2, 0.25) is 0 Å². The Morgan fingerprint density at radius 3 is 2.55 bits per heavy atom. The van der Waals surface area contributed by atoms with Crippen LogP contribution in [0.25, 0.3) is 0 Å². The monoisotopic (exact) mass is 513 g/mol. The molecule has 2 N–H and O–H groups in total. The van der Waals surface area contributed by atoms with Gasteiger partial charge in [-0.2, -0.15) is 5.10 Å². The Balaban J connectivity index is 0.00000420. The summed E-state index contributed by atoms with van der Waals surface area (Å²) in [7, 11) is 3.72. The smallest absolute Gasteiger partial charge is 0.192 e. The van der Waals surface area contributed by atoms with Crippen LogP contribution in [0.15, 0.2) is 23.2 Å². The SMILES string of the molecule is CCNC(=NCc1c(CC)nn(C)c1CC)NC(C)c1cc(C)ccc1OC.I. The number of nitrogens with one attached hydrogen (secondary N) is 2. The Bertz CT molecular complexity index is 816. The zero-order chi connectivity index (χ0) is 20.7. The zero-order valence-electron chi connectivity index (χ0n) is 18.8. The van der Waals surface area contributed by atoms with Crippen LogP contribution in [0.4, 0.5) is 0 Å². The molecule has 2 rings (SSSR count). The fraction of sp³-hybridized carbons (Fsp3) is 0.545. The number of halogens is 1. The van der Waals surface area contributed by atoms with E-state index in [4.69, 9.17) is 9.73 Å². The Hall–Kier alpha value is -1.77. The minimum Gasteiger partial charge on any atom is -0.496 e. The predicted molar refractivity (Wildman–Crippen MR) is 131 cm³/mol. The van der Waals surface area contributed by atoms with Gasteiger partial charge in [0.05, 0.1) is 25.4 Å². The molecule has 29 heavy (non-hydrogen) atoms. The maximum absolute atomic E-state index is 5.54. The van der Waals surface area contributed by atoms with E-state index in [2.05, 4.69) is 62.5 Å². The van der Waals surface area contributed by atoms with Crippen LogP contribution in [0.2, 0.25) is 0 Å². The highest BCUT2D eigenvalue weighted by Gasteiger charge is 2.15. The van der Waals surface area contributed by atoms with Crippen LogP contribution >= 0.6 is 24.0 Å². The Labute approximate surface area is 192 Å². The molecular formula is C22H36IN5O. The van der Waals surface area contributed by atoms with E-state index >= 15 is 0 Å². The maximum atomic E-state index is 5.54. The van der Waals surface area contributed by atoms with E-state index in [0.29, 0.717) is 6.54 Å². The number of guanidine groups is 1. The summed E-state index contributed by atoms with van der Waals surface area (Å²) in [5.41, 5.74) is 5.96. The van der Waals surface area contributed by atoms with Gasteiger partial charge in [0.1, 0.15) is 5.75 Å². The summed E-state index contributed by atoms with van der Waals surface area (Å²) in [6, 6.07) is 6.31.